The van der Waals surface area contributed by atoms with Gasteiger partial charge in [0, 0.05) is 17.4 Å². The van der Waals surface area contributed by atoms with Crippen molar-refractivity contribution in [2.45, 2.75) is 20.4 Å². The number of rotatable bonds is 7. The molecule has 0 aliphatic heterocycles. The Morgan fingerprint density at radius 3 is 2.50 bits per heavy atom. The van der Waals surface area contributed by atoms with Crippen molar-refractivity contribution in [2.24, 2.45) is 0 Å². The van der Waals surface area contributed by atoms with Gasteiger partial charge in [0.25, 0.3) is 5.91 Å². The summed E-state index contributed by atoms with van der Waals surface area (Å²) in [5, 5.41) is 3.77. The second-order valence-corrected chi connectivity index (χ2v) is 8.20. The summed E-state index contributed by atoms with van der Waals surface area (Å²) in [5.41, 5.74) is 2.68. The molecule has 1 N–H and O–H groups in total. The Morgan fingerprint density at radius 2 is 1.81 bits per heavy atom. The molecule has 0 aliphatic rings. The SMILES string of the molecule is COc1ccc(CN(C(=O)c2cnc(Nc3cc(C)nc(C)n3)s2)c2ccccc2)cc1. The zero-order chi connectivity index (χ0) is 22.5. The maximum atomic E-state index is 13.5. The lowest BCUT2D eigenvalue weighted by molar-refractivity contribution is 0.0989. The minimum Gasteiger partial charge on any atom is -0.497 e. The van der Waals surface area contributed by atoms with Gasteiger partial charge < -0.3 is 15.0 Å². The molecule has 0 unspecified atom stereocenters. The summed E-state index contributed by atoms with van der Waals surface area (Å²) in [4.78, 5) is 28.8. The maximum Gasteiger partial charge on any atom is 0.270 e. The van der Waals surface area contributed by atoms with Crippen LogP contribution in [0.1, 0.15) is 26.8 Å². The zero-order valence-electron chi connectivity index (χ0n) is 18.1. The first kappa shape index (κ1) is 21.5. The van der Waals surface area contributed by atoms with E-state index in [0.29, 0.717) is 28.2 Å². The molecular formula is C24H23N5O2S. The highest BCUT2D eigenvalue weighted by Gasteiger charge is 2.21. The fourth-order valence-corrected chi connectivity index (χ4v) is 4.03. The van der Waals surface area contributed by atoms with E-state index in [1.807, 2.05) is 74.5 Å². The molecule has 0 bridgehead atoms. The Bertz CT molecular complexity index is 1190. The van der Waals surface area contributed by atoms with Crippen molar-refractivity contribution in [1.82, 2.24) is 15.0 Å². The molecule has 8 heteroatoms. The first-order valence-electron chi connectivity index (χ1n) is 10.1. The standard InChI is InChI=1S/C24H23N5O2S/c1-16-13-22(27-17(2)26-16)28-24-25-14-21(32-24)23(30)29(19-7-5-4-6-8-19)15-18-9-11-20(31-3)12-10-18/h4-14H,15H2,1-3H3,(H,25,26,27,28). The third kappa shape index (κ3) is 5.09. The van der Waals surface area contributed by atoms with Crippen LogP contribution in [0.15, 0.2) is 66.9 Å². The van der Waals surface area contributed by atoms with E-state index in [1.165, 1.54) is 11.3 Å². The number of amides is 1. The summed E-state index contributed by atoms with van der Waals surface area (Å²) in [6.45, 7) is 4.18. The molecule has 4 aromatic rings. The minimum atomic E-state index is -0.118. The van der Waals surface area contributed by atoms with E-state index in [0.717, 1.165) is 22.7 Å². The maximum absolute atomic E-state index is 13.5. The van der Waals surface area contributed by atoms with Crippen LogP contribution >= 0.6 is 11.3 Å². The predicted molar refractivity (Wildman–Crippen MR) is 127 cm³/mol. The number of thiazole rings is 1. The number of carbonyl (C=O) groups excluding carboxylic acids is 1. The minimum absolute atomic E-state index is 0.118. The van der Waals surface area contributed by atoms with Gasteiger partial charge >= 0.3 is 0 Å². The second kappa shape index (κ2) is 9.57. The summed E-state index contributed by atoms with van der Waals surface area (Å²) in [6.07, 6.45) is 1.60. The van der Waals surface area contributed by atoms with E-state index >= 15 is 0 Å². The van der Waals surface area contributed by atoms with Gasteiger partial charge in [-0.05, 0) is 43.7 Å². The zero-order valence-corrected chi connectivity index (χ0v) is 18.9. The van der Waals surface area contributed by atoms with E-state index in [1.54, 1.807) is 18.2 Å². The second-order valence-electron chi connectivity index (χ2n) is 7.17. The number of aryl methyl sites for hydroxylation is 2. The van der Waals surface area contributed by atoms with E-state index in [9.17, 15) is 4.79 Å². The number of anilines is 3. The number of ether oxygens (including phenoxy) is 1. The number of hydrogen-bond acceptors (Lipinski definition) is 7. The molecule has 0 fully saturated rings. The van der Waals surface area contributed by atoms with Crippen molar-refractivity contribution in [2.75, 3.05) is 17.3 Å². The highest BCUT2D eigenvalue weighted by atomic mass is 32.1. The van der Waals surface area contributed by atoms with Gasteiger partial charge in [0.2, 0.25) is 0 Å². The molecule has 7 nitrogen and oxygen atoms in total. The molecular weight excluding hydrogens is 422 g/mol. The highest BCUT2D eigenvalue weighted by Crippen LogP contribution is 2.27. The lowest BCUT2D eigenvalue weighted by Crippen LogP contribution is -2.29. The summed E-state index contributed by atoms with van der Waals surface area (Å²) in [7, 11) is 1.63. The lowest BCUT2D eigenvalue weighted by Gasteiger charge is -2.22. The molecule has 2 aromatic carbocycles. The third-order valence-electron chi connectivity index (χ3n) is 4.73. The van der Waals surface area contributed by atoms with Gasteiger partial charge in [-0.2, -0.15) is 0 Å². The van der Waals surface area contributed by atoms with Crippen molar-refractivity contribution in [3.63, 3.8) is 0 Å². The lowest BCUT2D eigenvalue weighted by atomic mass is 10.2. The third-order valence-corrected chi connectivity index (χ3v) is 5.63. The van der Waals surface area contributed by atoms with E-state index in [-0.39, 0.29) is 5.91 Å². The number of hydrogen-bond donors (Lipinski definition) is 1. The summed E-state index contributed by atoms with van der Waals surface area (Å²) in [5.74, 6) is 1.99. The van der Waals surface area contributed by atoms with Gasteiger partial charge in [-0.25, -0.2) is 15.0 Å². The number of nitrogens with zero attached hydrogens (tertiary/aromatic N) is 4. The van der Waals surface area contributed by atoms with Crippen LogP contribution in [-0.2, 0) is 6.54 Å². The van der Waals surface area contributed by atoms with E-state index in [2.05, 4.69) is 20.3 Å². The summed E-state index contributed by atoms with van der Waals surface area (Å²) >= 11 is 1.29. The van der Waals surface area contributed by atoms with Gasteiger partial charge in [-0.15, -0.1) is 0 Å². The van der Waals surface area contributed by atoms with Crippen molar-refractivity contribution in [1.29, 1.82) is 0 Å². The first-order chi connectivity index (χ1) is 15.5. The Morgan fingerprint density at radius 1 is 1.06 bits per heavy atom. The molecule has 0 spiro atoms. The number of methoxy groups -OCH3 is 1. The average molecular weight is 446 g/mol. The number of benzene rings is 2. The number of aromatic nitrogens is 3. The van der Waals surface area contributed by atoms with Crippen LogP contribution in [0.3, 0.4) is 0 Å². The normalized spacial score (nSPS) is 10.6. The fourth-order valence-electron chi connectivity index (χ4n) is 3.26. The fraction of sp³-hybridized carbons (Fsp3) is 0.167. The van der Waals surface area contributed by atoms with Crippen LogP contribution < -0.4 is 15.0 Å². The van der Waals surface area contributed by atoms with Crippen LogP contribution in [-0.4, -0.2) is 28.0 Å². The van der Waals surface area contributed by atoms with Crippen molar-refractivity contribution in [3.05, 3.63) is 88.8 Å². The topological polar surface area (TPSA) is 80.2 Å². The van der Waals surface area contributed by atoms with Crippen LogP contribution in [0.2, 0.25) is 0 Å². The van der Waals surface area contributed by atoms with E-state index < -0.39 is 0 Å². The molecule has 2 heterocycles. The number of carbonyl (C=O) groups is 1. The number of para-hydroxylation sites is 1. The Kier molecular flexibility index (Phi) is 6.42. The molecule has 4 rings (SSSR count). The molecule has 0 saturated heterocycles. The van der Waals surface area contributed by atoms with Gasteiger partial charge in [-0.1, -0.05) is 41.7 Å². The largest absolute Gasteiger partial charge is 0.497 e. The molecule has 1 amide bonds. The van der Waals surface area contributed by atoms with Crippen molar-refractivity contribution < 1.29 is 9.53 Å². The Labute approximate surface area is 190 Å². The predicted octanol–water partition coefficient (Wildman–Crippen LogP) is 5.15. The monoisotopic (exact) mass is 445 g/mol. The van der Waals surface area contributed by atoms with Gasteiger partial charge in [-0.3, -0.25) is 4.79 Å². The molecule has 0 radical (unpaired) electrons. The average Bonchev–Trinajstić information content (AvgIpc) is 3.26. The smallest absolute Gasteiger partial charge is 0.270 e. The van der Waals surface area contributed by atoms with Crippen molar-refractivity contribution >= 4 is 33.9 Å². The van der Waals surface area contributed by atoms with Crippen molar-refractivity contribution in [3.8, 4) is 5.75 Å². The molecule has 2 aromatic heterocycles. The van der Waals surface area contributed by atoms with Crippen LogP contribution in [0.5, 0.6) is 5.75 Å². The van der Waals surface area contributed by atoms with Gasteiger partial charge in [0.1, 0.15) is 22.3 Å². The first-order valence-corrected chi connectivity index (χ1v) is 10.9. The highest BCUT2D eigenvalue weighted by molar-refractivity contribution is 7.17. The summed E-state index contributed by atoms with van der Waals surface area (Å²) < 4.78 is 5.24. The molecule has 0 atom stereocenters. The van der Waals surface area contributed by atoms with Crippen LogP contribution in [0, 0.1) is 13.8 Å². The molecule has 162 valence electrons. The van der Waals surface area contributed by atoms with Gasteiger partial charge in [0.15, 0.2) is 5.13 Å². The van der Waals surface area contributed by atoms with Gasteiger partial charge in [0.05, 0.1) is 19.9 Å². The quantitative estimate of drug-likeness (QED) is 0.424. The summed E-state index contributed by atoms with van der Waals surface area (Å²) in [6, 6.07) is 19.2. The Hall–Kier alpha value is -3.78. The molecule has 32 heavy (non-hydrogen) atoms. The van der Waals surface area contributed by atoms with Crippen LogP contribution in [0.4, 0.5) is 16.6 Å². The Balaban J connectivity index is 1.58. The molecule has 0 saturated carbocycles. The molecule has 0 aliphatic carbocycles. The van der Waals surface area contributed by atoms with E-state index in [4.69, 9.17) is 4.74 Å². The number of nitrogens with one attached hydrogen (secondary N) is 1. The van der Waals surface area contributed by atoms with Crippen LogP contribution in [0.25, 0.3) is 0 Å².